The maximum Gasteiger partial charge on any atom is 0.256 e. The van der Waals surface area contributed by atoms with Gasteiger partial charge in [-0.25, -0.2) is 0 Å². The fourth-order valence-electron chi connectivity index (χ4n) is 4.80. The molecule has 2 aliphatic heterocycles. The summed E-state index contributed by atoms with van der Waals surface area (Å²) in [5.41, 5.74) is 3.06. The fourth-order valence-corrected chi connectivity index (χ4v) is 4.80. The van der Waals surface area contributed by atoms with Gasteiger partial charge in [-0.3, -0.25) is 9.59 Å². The Bertz CT molecular complexity index is 1160. The molecule has 1 unspecified atom stereocenters. The average Bonchev–Trinajstić information content (AvgIpc) is 3.29. The molecule has 2 amide bonds. The van der Waals surface area contributed by atoms with Crippen LogP contribution in [-0.2, 0) is 5.66 Å². The first-order chi connectivity index (χ1) is 14.6. The molecule has 1 fully saturated rings. The van der Waals surface area contributed by atoms with Crippen LogP contribution < -0.4 is 4.74 Å². The number of hydrogen-bond acceptors (Lipinski definition) is 3. The number of amides is 2. The van der Waals surface area contributed by atoms with Crippen LogP contribution in [0.2, 0.25) is 0 Å². The van der Waals surface area contributed by atoms with E-state index in [0.717, 1.165) is 22.4 Å². The Labute approximate surface area is 175 Å². The lowest BCUT2D eigenvalue weighted by Crippen LogP contribution is -2.51. The predicted molar refractivity (Wildman–Crippen MR) is 113 cm³/mol. The van der Waals surface area contributed by atoms with Crippen molar-refractivity contribution in [3.05, 3.63) is 101 Å². The molecule has 2 heterocycles. The van der Waals surface area contributed by atoms with E-state index in [1.54, 1.807) is 7.11 Å². The van der Waals surface area contributed by atoms with E-state index in [0.29, 0.717) is 24.2 Å². The van der Waals surface area contributed by atoms with Gasteiger partial charge in [-0.05, 0) is 37.3 Å². The first-order valence-corrected chi connectivity index (χ1v) is 10.0. The first kappa shape index (κ1) is 18.4. The number of ether oxygens (including phenoxy) is 1. The van der Waals surface area contributed by atoms with Gasteiger partial charge in [0.2, 0.25) is 0 Å². The van der Waals surface area contributed by atoms with E-state index in [-0.39, 0.29) is 11.8 Å². The van der Waals surface area contributed by atoms with Gasteiger partial charge in [0, 0.05) is 35.3 Å². The Morgan fingerprint density at radius 3 is 2.47 bits per heavy atom. The molecule has 150 valence electrons. The van der Waals surface area contributed by atoms with E-state index >= 15 is 0 Å². The molecule has 30 heavy (non-hydrogen) atoms. The molecule has 0 aliphatic carbocycles. The smallest absolute Gasteiger partial charge is 0.256 e. The predicted octanol–water partition coefficient (Wildman–Crippen LogP) is 3.82. The molecular weight excluding hydrogens is 376 g/mol. The minimum Gasteiger partial charge on any atom is -0.497 e. The summed E-state index contributed by atoms with van der Waals surface area (Å²) in [6, 6.07) is 22.8. The zero-order chi connectivity index (χ0) is 20.9. The summed E-state index contributed by atoms with van der Waals surface area (Å²) in [6.45, 7) is 2.93. The van der Waals surface area contributed by atoms with Crippen LogP contribution in [0.5, 0.6) is 5.75 Å². The van der Waals surface area contributed by atoms with Crippen molar-refractivity contribution < 1.29 is 14.3 Å². The molecule has 0 bridgehead atoms. The lowest BCUT2D eigenvalue weighted by molar-refractivity contribution is 0.0375. The summed E-state index contributed by atoms with van der Waals surface area (Å²) in [4.78, 5) is 30.7. The number of nitrogens with zero attached hydrogens (tertiary/aromatic N) is 2. The van der Waals surface area contributed by atoms with Gasteiger partial charge in [-0.1, -0.05) is 48.0 Å². The molecule has 0 spiro atoms. The van der Waals surface area contributed by atoms with Gasteiger partial charge in [0.15, 0.2) is 5.66 Å². The largest absolute Gasteiger partial charge is 0.497 e. The number of aryl methyl sites for hydroxylation is 1. The van der Waals surface area contributed by atoms with Crippen molar-refractivity contribution in [1.82, 2.24) is 9.80 Å². The van der Waals surface area contributed by atoms with Crippen LogP contribution in [0, 0.1) is 6.92 Å². The number of methoxy groups -OCH3 is 1. The van der Waals surface area contributed by atoms with Gasteiger partial charge in [-0.15, -0.1) is 0 Å². The highest BCUT2D eigenvalue weighted by Crippen LogP contribution is 2.50. The van der Waals surface area contributed by atoms with E-state index in [1.165, 1.54) is 0 Å². The summed E-state index contributed by atoms with van der Waals surface area (Å²) in [6.07, 6.45) is 0. The van der Waals surface area contributed by atoms with Crippen molar-refractivity contribution in [2.45, 2.75) is 12.6 Å². The topological polar surface area (TPSA) is 49.9 Å². The number of carbonyl (C=O) groups is 2. The van der Waals surface area contributed by atoms with Gasteiger partial charge in [-0.2, -0.15) is 0 Å². The van der Waals surface area contributed by atoms with Gasteiger partial charge >= 0.3 is 0 Å². The third-order valence-electron chi connectivity index (χ3n) is 6.11. The summed E-state index contributed by atoms with van der Waals surface area (Å²) in [5.74, 6) is 0.608. The van der Waals surface area contributed by atoms with Crippen LogP contribution >= 0.6 is 0 Å². The van der Waals surface area contributed by atoms with Gasteiger partial charge in [0.25, 0.3) is 11.8 Å². The summed E-state index contributed by atoms with van der Waals surface area (Å²) in [5, 5.41) is 0. The van der Waals surface area contributed by atoms with E-state index in [1.807, 2.05) is 89.5 Å². The minimum atomic E-state index is -0.958. The summed E-state index contributed by atoms with van der Waals surface area (Å²) in [7, 11) is 1.62. The average molecular weight is 398 g/mol. The number of rotatable bonds is 3. The third kappa shape index (κ3) is 2.41. The highest BCUT2D eigenvalue weighted by atomic mass is 16.5. The summed E-state index contributed by atoms with van der Waals surface area (Å²) < 4.78 is 5.33. The van der Waals surface area contributed by atoms with Crippen molar-refractivity contribution in [2.75, 3.05) is 20.2 Å². The Balaban J connectivity index is 1.74. The molecule has 1 saturated heterocycles. The second kappa shape index (κ2) is 6.73. The molecule has 1 atom stereocenters. The second-order valence-corrected chi connectivity index (χ2v) is 7.73. The van der Waals surface area contributed by atoms with Gasteiger partial charge in [0.1, 0.15) is 5.75 Å². The molecule has 3 aromatic rings. The van der Waals surface area contributed by atoms with Crippen molar-refractivity contribution in [3.8, 4) is 5.75 Å². The van der Waals surface area contributed by atoms with Crippen LogP contribution in [0.1, 0.15) is 37.4 Å². The summed E-state index contributed by atoms with van der Waals surface area (Å²) >= 11 is 0. The van der Waals surface area contributed by atoms with Gasteiger partial charge in [0.05, 0.1) is 7.11 Å². The second-order valence-electron chi connectivity index (χ2n) is 7.73. The molecule has 2 aliphatic rings. The van der Waals surface area contributed by atoms with Crippen LogP contribution in [0.3, 0.4) is 0 Å². The van der Waals surface area contributed by atoms with Crippen molar-refractivity contribution in [3.63, 3.8) is 0 Å². The van der Waals surface area contributed by atoms with Crippen LogP contribution in [0.4, 0.5) is 0 Å². The van der Waals surface area contributed by atoms with Gasteiger partial charge < -0.3 is 14.5 Å². The molecule has 0 aromatic heterocycles. The number of hydrogen-bond donors (Lipinski definition) is 0. The fraction of sp³-hybridized carbons (Fsp3) is 0.200. The Hall–Kier alpha value is -3.60. The number of benzene rings is 3. The molecule has 5 heteroatoms. The Morgan fingerprint density at radius 2 is 1.73 bits per heavy atom. The van der Waals surface area contributed by atoms with E-state index < -0.39 is 5.66 Å². The monoisotopic (exact) mass is 398 g/mol. The third-order valence-corrected chi connectivity index (χ3v) is 6.11. The zero-order valence-corrected chi connectivity index (χ0v) is 17.0. The maximum absolute atomic E-state index is 13.7. The SMILES string of the molecule is COc1ccc(C23c4ccccc4C(=O)N2CCN3C(=O)c2cccc(C)c2)cc1. The molecule has 0 N–H and O–H groups in total. The number of fused-ring (bicyclic) bond motifs is 3. The molecular formula is C25H22N2O3. The quantitative estimate of drug-likeness (QED) is 0.674. The molecule has 5 nitrogen and oxygen atoms in total. The van der Waals surface area contributed by atoms with E-state index in [4.69, 9.17) is 4.74 Å². The zero-order valence-electron chi connectivity index (χ0n) is 17.0. The van der Waals surface area contributed by atoms with Crippen LogP contribution in [0.25, 0.3) is 0 Å². The standard InChI is InChI=1S/C25H22N2O3/c1-17-6-5-7-18(16-17)23(28)26-14-15-27-24(29)21-8-3-4-9-22(21)25(26,27)19-10-12-20(30-2)13-11-19/h3-13,16H,14-15H2,1-2H3. The van der Waals surface area contributed by atoms with Crippen LogP contribution in [-0.4, -0.2) is 41.8 Å². The molecule has 0 saturated carbocycles. The van der Waals surface area contributed by atoms with Crippen LogP contribution in [0.15, 0.2) is 72.8 Å². The molecule has 3 aromatic carbocycles. The number of carbonyl (C=O) groups excluding carboxylic acids is 2. The minimum absolute atomic E-state index is 0.0408. The Kier molecular flexibility index (Phi) is 4.13. The van der Waals surface area contributed by atoms with E-state index in [2.05, 4.69) is 0 Å². The Morgan fingerprint density at radius 1 is 0.967 bits per heavy atom. The van der Waals surface area contributed by atoms with Crippen molar-refractivity contribution >= 4 is 11.8 Å². The van der Waals surface area contributed by atoms with Crippen molar-refractivity contribution in [2.24, 2.45) is 0 Å². The highest BCUT2D eigenvalue weighted by Gasteiger charge is 2.59. The normalized spacial score (nSPS) is 19.6. The van der Waals surface area contributed by atoms with Crippen molar-refractivity contribution in [1.29, 1.82) is 0 Å². The maximum atomic E-state index is 13.7. The molecule has 5 rings (SSSR count). The van der Waals surface area contributed by atoms with E-state index in [9.17, 15) is 9.59 Å². The first-order valence-electron chi connectivity index (χ1n) is 10.0. The highest BCUT2D eigenvalue weighted by molar-refractivity contribution is 6.03. The molecule has 0 radical (unpaired) electrons. The lowest BCUT2D eigenvalue weighted by Gasteiger charge is -2.40. The lowest BCUT2D eigenvalue weighted by atomic mass is 9.89.